The topological polar surface area (TPSA) is 127 Å². The minimum Gasteiger partial charge on any atom is -0.383 e. The van der Waals surface area contributed by atoms with Gasteiger partial charge in [0.05, 0.1) is 5.75 Å². The number of nitrogens with zero attached hydrogens (tertiary/aromatic N) is 4. The van der Waals surface area contributed by atoms with Crippen molar-refractivity contribution >= 4 is 29.2 Å². The normalized spacial score (nSPS) is 10.8. The SMILES string of the molecule is CCCCCN(C(=O)CSc1ncccn1)c1c(N)n(CCCC)c(=O)[nH]c1=O. The monoisotopic (exact) mass is 420 g/mol. The largest absolute Gasteiger partial charge is 0.383 e. The van der Waals surface area contributed by atoms with Gasteiger partial charge in [-0.25, -0.2) is 14.8 Å². The third kappa shape index (κ3) is 6.18. The lowest BCUT2D eigenvalue weighted by Crippen LogP contribution is -2.42. The molecule has 0 aliphatic rings. The molecule has 0 fully saturated rings. The highest BCUT2D eigenvalue weighted by Crippen LogP contribution is 2.21. The number of nitrogen functional groups attached to an aromatic ring is 1. The number of aromatic amines is 1. The first-order valence-corrected chi connectivity index (χ1v) is 10.8. The summed E-state index contributed by atoms with van der Waals surface area (Å²) in [6, 6.07) is 1.70. The summed E-state index contributed by atoms with van der Waals surface area (Å²) in [6.07, 6.45) is 7.41. The Labute approximate surface area is 173 Å². The highest BCUT2D eigenvalue weighted by atomic mass is 32.2. The quantitative estimate of drug-likeness (QED) is 0.323. The Hall–Kier alpha value is -2.62. The number of nitrogens with one attached hydrogen (secondary N) is 1. The molecule has 2 aromatic heterocycles. The lowest BCUT2D eigenvalue weighted by Gasteiger charge is -2.24. The van der Waals surface area contributed by atoms with Crippen LogP contribution < -0.4 is 21.9 Å². The molecular weight excluding hydrogens is 392 g/mol. The maximum Gasteiger partial charge on any atom is 0.330 e. The van der Waals surface area contributed by atoms with Crippen LogP contribution in [0.15, 0.2) is 33.2 Å². The van der Waals surface area contributed by atoms with Gasteiger partial charge in [-0.2, -0.15) is 0 Å². The predicted molar refractivity (Wildman–Crippen MR) is 115 cm³/mol. The Kier molecular flexibility index (Phi) is 8.91. The zero-order chi connectivity index (χ0) is 21.2. The Morgan fingerprint density at radius 1 is 1.17 bits per heavy atom. The second kappa shape index (κ2) is 11.4. The van der Waals surface area contributed by atoms with Crippen LogP contribution >= 0.6 is 11.8 Å². The van der Waals surface area contributed by atoms with Crippen LogP contribution in [0.1, 0.15) is 46.0 Å². The standard InChI is InChI=1S/C19H28N6O3S/c1-3-5-7-12-24(14(26)13-29-18-21-9-8-10-22-18)15-16(20)25(11-6-4-2)19(28)23-17(15)27/h8-10H,3-7,11-13,20H2,1-2H3,(H,23,27,28). The fourth-order valence-electron chi connectivity index (χ4n) is 2.82. The van der Waals surface area contributed by atoms with Gasteiger partial charge in [-0.1, -0.05) is 44.9 Å². The van der Waals surface area contributed by atoms with E-state index in [9.17, 15) is 14.4 Å². The number of rotatable bonds is 11. The molecule has 0 bridgehead atoms. The minimum atomic E-state index is -0.647. The maximum absolute atomic E-state index is 13.0. The predicted octanol–water partition coefficient (Wildman–Crippen LogP) is 2.02. The van der Waals surface area contributed by atoms with E-state index in [1.165, 1.54) is 21.2 Å². The summed E-state index contributed by atoms with van der Waals surface area (Å²) in [4.78, 5) is 49.6. The Balaban J connectivity index is 2.34. The van der Waals surface area contributed by atoms with Crippen LogP contribution in [-0.2, 0) is 11.3 Å². The second-order valence-corrected chi connectivity index (χ2v) is 7.51. The second-order valence-electron chi connectivity index (χ2n) is 6.57. The molecule has 0 unspecified atom stereocenters. The number of unbranched alkanes of at least 4 members (excludes halogenated alkanes) is 3. The number of aromatic nitrogens is 4. The Bertz CT molecular complexity index is 912. The number of carbonyl (C=O) groups is 1. The molecule has 9 nitrogen and oxygen atoms in total. The summed E-state index contributed by atoms with van der Waals surface area (Å²) in [7, 11) is 0. The van der Waals surface area contributed by atoms with E-state index in [0.29, 0.717) is 18.2 Å². The van der Waals surface area contributed by atoms with Gasteiger partial charge in [-0.05, 0) is 18.9 Å². The first-order valence-electron chi connectivity index (χ1n) is 9.82. The number of hydrogen-bond acceptors (Lipinski definition) is 7. The molecule has 2 rings (SSSR count). The van der Waals surface area contributed by atoms with Crippen LogP contribution in [0.3, 0.4) is 0 Å². The molecule has 3 N–H and O–H groups in total. The van der Waals surface area contributed by atoms with Gasteiger partial charge in [0.25, 0.3) is 5.56 Å². The number of anilines is 2. The highest BCUT2D eigenvalue weighted by molar-refractivity contribution is 7.99. The molecule has 0 saturated carbocycles. The number of nitrogens with two attached hydrogens (primary N) is 1. The average Bonchev–Trinajstić information content (AvgIpc) is 2.71. The van der Waals surface area contributed by atoms with Crippen molar-refractivity contribution in [3.8, 4) is 0 Å². The van der Waals surface area contributed by atoms with E-state index in [0.717, 1.165) is 32.1 Å². The molecule has 10 heteroatoms. The van der Waals surface area contributed by atoms with Crippen molar-refractivity contribution in [2.45, 2.75) is 57.7 Å². The summed E-state index contributed by atoms with van der Waals surface area (Å²) in [5.41, 5.74) is 5.03. The van der Waals surface area contributed by atoms with E-state index in [-0.39, 0.29) is 23.2 Å². The Morgan fingerprint density at radius 3 is 2.52 bits per heavy atom. The smallest absolute Gasteiger partial charge is 0.330 e. The van der Waals surface area contributed by atoms with E-state index in [4.69, 9.17) is 5.73 Å². The van der Waals surface area contributed by atoms with Crippen molar-refractivity contribution in [3.63, 3.8) is 0 Å². The lowest BCUT2D eigenvalue weighted by atomic mass is 10.2. The van der Waals surface area contributed by atoms with E-state index < -0.39 is 11.2 Å². The number of H-pyrrole nitrogens is 1. The van der Waals surface area contributed by atoms with Crippen LogP contribution in [0.4, 0.5) is 11.5 Å². The fraction of sp³-hybridized carbons (Fsp3) is 0.526. The minimum absolute atomic E-state index is 0.0259. The maximum atomic E-state index is 13.0. The van der Waals surface area contributed by atoms with Crippen molar-refractivity contribution in [1.29, 1.82) is 0 Å². The first-order chi connectivity index (χ1) is 14.0. The van der Waals surface area contributed by atoms with E-state index in [1.807, 2.05) is 6.92 Å². The summed E-state index contributed by atoms with van der Waals surface area (Å²) >= 11 is 1.19. The summed E-state index contributed by atoms with van der Waals surface area (Å²) in [6.45, 7) is 4.79. The molecular formula is C19H28N6O3S. The molecule has 0 aromatic carbocycles. The molecule has 2 aromatic rings. The van der Waals surface area contributed by atoms with Gasteiger partial charge < -0.3 is 10.6 Å². The highest BCUT2D eigenvalue weighted by Gasteiger charge is 2.24. The van der Waals surface area contributed by atoms with Crippen LogP contribution in [-0.4, -0.2) is 37.7 Å². The third-order valence-corrected chi connectivity index (χ3v) is 5.23. The summed E-state index contributed by atoms with van der Waals surface area (Å²) < 4.78 is 1.33. The number of amides is 1. The molecule has 158 valence electrons. The molecule has 29 heavy (non-hydrogen) atoms. The van der Waals surface area contributed by atoms with Gasteiger partial charge in [-0.15, -0.1) is 0 Å². The van der Waals surface area contributed by atoms with E-state index in [1.54, 1.807) is 18.5 Å². The zero-order valence-corrected chi connectivity index (χ0v) is 17.7. The van der Waals surface area contributed by atoms with Crippen molar-refractivity contribution in [3.05, 3.63) is 39.3 Å². The van der Waals surface area contributed by atoms with Crippen molar-refractivity contribution in [2.75, 3.05) is 22.9 Å². The number of thioether (sulfide) groups is 1. The number of hydrogen-bond donors (Lipinski definition) is 2. The molecule has 0 spiro atoms. The van der Waals surface area contributed by atoms with Crippen LogP contribution in [0, 0.1) is 0 Å². The molecule has 0 saturated heterocycles. The summed E-state index contributed by atoms with van der Waals surface area (Å²) in [5, 5.41) is 0.476. The van der Waals surface area contributed by atoms with Gasteiger partial charge >= 0.3 is 5.69 Å². The van der Waals surface area contributed by atoms with Gasteiger partial charge in [0.2, 0.25) is 5.91 Å². The fourth-order valence-corrected chi connectivity index (χ4v) is 3.50. The van der Waals surface area contributed by atoms with Gasteiger partial charge in [-0.3, -0.25) is 19.1 Å². The van der Waals surface area contributed by atoms with Crippen LogP contribution in [0.5, 0.6) is 0 Å². The molecule has 0 atom stereocenters. The van der Waals surface area contributed by atoms with Crippen molar-refractivity contribution in [1.82, 2.24) is 19.5 Å². The first kappa shape index (κ1) is 22.7. The lowest BCUT2D eigenvalue weighted by molar-refractivity contribution is -0.116. The number of carbonyl (C=O) groups excluding carboxylic acids is 1. The van der Waals surface area contributed by atoms with Gasteiger partial charge in [0.1, 0.15) is 5.82 Å². The molecule has 2 heterocycles. The van der Waals surface area contributed by atoms with Crippen molar-refractivity contribution in [2.24, 2.45) is 0 Å². The van der Waals surface area contributed by atoms with Gasteiger partial charge in [0.15, 0.2) is 10.8 Å². The van der Waals surface area contributed by atoms with E-state index in [2.05, 4.69) is 21.9 Å². The zero-order valence-electron chi connectivity index (χ0n) is 16.9. The molecule has 0 aliphatic heterocycles. The van der Waals surface area contributed by atoms with E-state index >= 15 is 0 Å². The van der Waals surface area contributed by atoms with Gasteiger partial charge in [0, 0.05) is 25.5 Å². The molecule has 0 aliphatic carbocycles. The van der Waals surface area contributed by atoms with Crippen LogP contribution in [0.2, 0.25) is 0 Å². The molecule has 0 radical (unpaired) electrons. The summed E-state index contributed by atoms with van der Waals surface area (Å²) in [5.74, 6) is -0.196. The third-order valence-electron chi connectivity index (χ3n) is 4.37. The Morgan fingerprint density at radius 2 is 1.86 bits per heavy atom. The van der Waals surface area contributed by atoms with Crippen molar-refractivity contribution < 1.29 is 4.79 Å². The molecule has 1 amide bonds. The average molecular weight is 421 g/mol. The van der Waals surface area contributed by atoms with Crippen LogP contribution in [0.25, 0.3) is 0 Å².